The molecule has 0 radical (unpaired) electrons. The Kier molecular flexibility index (Phi) is 4.85. The van der Waals surface area contributed by atoms with Gasteiger partial charge in [0.05, 0.1) is 0 Å². The molecular weight excluding hydrogens is 332 g/mol. The second-order valence-electron chi connectivity index (χ2n) is 5.79. The van der Waals surface area contributed by atoms with Gasteiger partial charge in [-0.3, -0.25) is 4.79 Å². The van der Waals surface area contributed by atoms with Crippen LogP contribution in [0.25, 0.3) is 0 Å². The number of aromatic nitrogens is 1. The molecule has 1 aromatic heterocycles. The van der Waals surface area contributed by atoms with Crippen LogP contribution >= 0.6 is 11.6 Å². The summed E-state index contributed by atoms with van der Waals surface area (Å²) in [4.78, 5) is 24.1. The molecule has 1 atom stereocenters. The number of aliphatic carboxylic acids is 1. The molecule has 24 heavy (non-hydrogen) atoms. The van der Waals surface area contributed by atoms with E-state index in [2.05, 4.69) is 10.5 Å². The first kappa shape index (κ1) is 16.5. The summed E-state index contributed by atoms with van der Waals surface area (Å²) in [6.07, 6.45) is 4.53. The fourth-order valence-corrected chi connectivity index (χ4v) is 3.01. The first-order valence-corrected chi connectivity index (χ1v) is 8.20. The van der Waals surface area contributed by atoms with E-state index in [0.29, 0.717) is 10.6 Å². The molecule has 0 aliphatic heterocycles. The number of nitrogens with zero attached hydrogens (tertiary/aromatic N) is 1. The molecule has 6 nitrogen and oxygen atoms in total. The highest BCUT2D eigenvalue weighted by Gasteiger charge is 2.28. The molecule has 7 heteroatoms. The van der Waals surface area contributed by atoms with Crippen molar-refractivity contribution in [3.05, 3.63) is 51.9 Å². The van der Waals surface area contributed by atoms with Crippen molar-refractivity contribution in [2.24, 2.45) is 0 Å². The van der Waals surface area contributed by atoms with Crippen molar-refractivity contribution in [1.29, 1.82) is 0 Å². The second kappa shape index (κ2) is 7.05. The summed E-state index contributed by atoms with van der Waals surface area (Å²) in [6.45, 7) is 0. The van der Waals surface area contributed by atoms with Crippen molar-refractivity contribution in [2.75, 3.05) is 0 Å². The first-order chi connectivity index (χ1) is 11.6. The largest absolute Gasteiger partial charge is 0.479 e. The number of carbonyl (C=O) groups is 2. The number of amides is 1. The summed E-state index contributed by atoms with van der Waals surface area (Å²) >= 11 is 5.82. The summed E-state index contributed by atoms with van der Waals surface area (Å²) in [7, 11) is 0. The third-order valence-electron chi connectivity index (χ3n) is 4.14. The van der Waals surface area contributed by atoms with Gasteiger partial charge >= 0.3 is 5.97 Å². The minimum Gasteiger partial charge on any atom is -0.479 e. The maximum absolute atomic E-state index is 12.5. The molecule has 1 aliphatic rings. The lowest BCUT2D eigenvalue weighted by Crippen LogP contribution is -2.34. The van der Waals surface area contributed by atoms with Gasteiger partial charge in [-0.2, -0.15) is 0 Å². The Morgan fingerprint density at radius 2 is 1.88 bits per heavy atom. The number of carboxylic acid groups (broad SMARTS) is 1. The van der Waals surface area contributed by atoms with Crippen molar-refractivity contribution in [2.45, 2.75) is 38.1 Å². The maximum Gasteiger partial charge on any atom is 0.330 e. The van der Waals surface area contributed by atoms with Gasteiger partial charge in [-0.05, 0) is 37.0 Å². The molecule has 2 N–H and O–H groups in total. The van der Waals surface area contributed by atoms with Crippen molar-refractivity contribution >= 4 is 23.5 Å². The lowest BCUT2D eigenvalue weighted by Gasteiger charge is -2.14. The number of carboxylic acids is 1. The van der Waals surface area contributed by atoms with E-state index < -0.39 is 17.9 Å². The molecule has 1 unspecified atom stereocenters. The van der Waals surface area contributed by atoms with Crippen LogP contribution in [0.1, 0.15) is 52.7 Å². The number of carbonyl (C=O) groups excluding carboxylic acids is 1. The average molecular weight is 349 g/mol. The molecule has 0 fully saturated rings. The van der Waals surface area contributed by atoms with E-state index in [1.807, 2.05) is 0 Å². The number of hydrogen-bond donors (Lipinski definition) is 2. The third kappa shape index (κ3) is 3.43. The Balaban J connectivity index is 1.83. The van der Waals surface area contributed by atoms with E-state index >= 15 is 0 Å². The summed E-state index contributed by atoms with van der Waals surface area (Å²) in [5.74, 6) is -0.958. The molecule has 126 valence electrons. The molecule has 0 saturated carbocycles. The van der Waals surface area contributed by atoms with Crippen LogP contribution in [0.15, 0.2) is 28.8 Å². The normalized spacial score (nSPS) is 15.2. The quantitative estimate of drug-likeness (QED) is 0.828. The number of halogens is 1. The SMILES string of the molecule is O=C(NC(C(=O)O)c1ccc(Cl)cc1)c1noc2c1CCCCC2. The van der Waals surface area contributed by atoms with Crippen LogP contribution in [0.4, 0.5) is 0 Å². The third-order valence-corrected chi connectivity index (χ3v) is 4.39. The zero-order valence-corrected chi connectivity index (χ0v) is 13.7. The molecule has 3 rings (SSSR count). The van der Waals surface area contributed by atoms with E-state index in [9.17, 15) is 14.7 Å². The fraction of sp³-hybridized carbons (Fsp3) is 0.353. The Hall–Kier alpha value is -2.34. The minimum atomic E-state index is -1.17. The van der Waals surface area contributed by atoms with Crippen molar-refractivity contribution in [1.82, 2.24) is 10.5 Å². The van der Waals surface area contributed by atoms with Gasteiger partial charge in [0.15, 0.2) is 11.7 Å². The smallest absolute Gasteiger partial charge is 0.330 e. The summed E-state index contributed by atoms with van der Waals surface area (Å²) < 4.78 is 5.28. The van der Waals surface area contributed by atoms with Gasteiger partial charge in [0.1, 0.15) is 5.76 Å². The zero-order chi connectivity index (χ0) is 17.1. The highest BCUT2D eigenvalue weighted by Crippen LogP contribution is 2.24. The Bertz CT molecular complexity index is 754. The minimum absolute atomic E-state index is 0.187. The molecule has 1 aromatic carbocycles. The van der Waals surface area contributed by atoms with Crippen LogP contribution in [0.5, 0.6) is 0 Å². The number of nitrogens with one attached hydrogen (secondary N) is 1. The van der Waals surface area contributed by atoms with Crippen LogP contribution in [-0.2, 0) is 17.6 Å². The fourth-order valence-electron chi connectivity index (χ4n) is 2.88. The maximum atomic E-state index is 12.5. The highest BCUT2D eigenvalue weighted by atomic mass is 35.5. The van der Waals surface area contributed by atoms with E-state index in [1.165, 1.54) is 0 Å². The first-order valence-electron chi connectivity index (χ1n) is 7.83. The Morgan fingerprint density at radius 3 is 2.58 bits per heavy atom. The molecule has 2 aromatic rings. The summed E-state index contributed by atoms with van der Waals surface area (Å²) in [5.41, 5.74) is 1.42. The number of aryl methyl sites for hydroxylation is 1. The lowest BCUT2D eigenvalue weighted by atomic mass is 10.1. The number of rotatable bonds is 4. The number of hydrogen-bond acceptors (Lipinski definition) is 4. The van der Waals surface area contributed by atoms with Gasteiger partial charge in [0, 0.05) is 17.0 Å². The van der Waals surface area contributed by atoms with E-state index in [0.717, 1.165) is 43.4 Å². The Labute approximate surface area is 143 Å². The van der Waals surface area contributed by atoms with Gasteiger partial charge in [-0.1, -0.05) is 35.3 Å². The molecule has 1 heterocycles. The Morgan fingerprint density at radius 1 is 1.17 bits per heavy atom. The number of fused-ring (bicyclic) bond motifs is 1. The molecule has 0 saturated heterocycles. The van der Waals surface area contributed by atoms with E-state index in [4.69, 9.17) is 16.1 Å². The van der Waals surface area contributed by atoms with Gasteiger partial charge in [0.2, 0.25) is 0 Å². The summed E-state index contributed by atoms with van der Waals surface area (Å²) in [5, 5.41) is 16.3. The number of benzene rings is 1. The predicted octanol–water partition coefficient (Wildman–Crippen LogP) is 3.15. The monoisotopic (exact) mass is 348 g/mol. The lowest BCUT2D eigenvalue weighted by molar-refractivity contribution is -0.139. The van der Waals surface area contributed by atoms with Crippen LogP contribution in [-0.4, -0.2) is 22.1 Å². The molecule has 0 bridgehead atoms. The standard InChI is InChI=1S/C17H17ClN2O4/c18-11-8-6-10(7-9-11)14(17(22)23)19-16(21)15-12-4-2-1-3-5-13(12)24-20-15/h6-9,14H,1-5H2,(H,19,21)(H,22,23). The van der Waals surface area contributed by atoms with Crippen molar-refractivity contribution in [3.8, 4) is 0 Å². The van der Waals surface area contributed by atoms with E-state index in [-0.39, 0.29) is 5.69 Å². The van der Waals surface area contributed by atoms with Gasteiger partial charge < -0.3 is 14.9 Å². The van der Waals surface area contributed by atoms with Gasteiger partial charge in [-0.15, -0.1) is 0 Å². The van der Waals surface area contributed by atoms with Crippen molar-refractivity contribution in [3.63, 3.8) is 0 Å². The highest BCUT2D eigenvalue weighted by molar-refractivity contribution is 6.30. The van der Waals surface area contributed by atoms with Crippen molar-refractivity contribution < 1.29 is 19.2 Å². The summed E-state index contributed by atoms with van der Waals surface area (Å²) in [6, 6.07) is 5.14. The van der Waals surface area contributed by atoms with Crippen LogP contribution in [0.3, 0.4) is 0 Å². The molecule has 0 spiro atoms. The van der Waals surface area contributed by atoms with Crippen LogP contribution < -0.4 is 5.32 Å². The molecule has 1 aliphatic carbocycles. The molecule has 1 amide bonds. The predicted molar refractivity (Wildman–Crippen MR) is 87.1 cm³/mol. The second-order valence-corrected chi connectivity index (χ2v) is 6.23. The molecular formula is C17H17ClN2O4. The topological polar surface area (TPSA) is 92.4 Å². The van der Waals surface area contributed by atoms with Gasteiger partial charge in [0.25, 0.3) is 5.91 Å². The van der Waals surface area contributed by atoms with Crippen LogP contribution in [0.2, 0.25) is 5.02 Å². The zero-order valence-electron chi connectivity index (χ0n) is 12.9. The van der Waals surface area contributed by atoms with E-state index in [1.54, 1.807) is 24.3 Å². The van der Waals surface area contributed by atoms with Gasteiger partial charge in [-0.25, -0.2) is 4.79 Å². The average Bonchev–Trinajstić information content (AvgIpc) is 2.82. The van der Waals surface area contributed by atoms with Crippen LogP contribution in [0, 0.1) is 0 Å².